The molecule has 3 aliphatic rings. The number of para-hydroxylation sites is 1. The van der Waals surface area contributed by atoms with E-state index in [0.29, 0.717) is 6.67 Å². The van der Waals surface area contributed by atoms with Crippen LogP contribution in [0.4, 0.5) is 11.4 Å². The molecule has 0 bridgehead atoms. The molecule has 36 heavy (non-hydrogen) atoms. The molecule has 6 rings (SSSR count). The van der Waals surface area contributed by atoms with Gasteiger partial charge in [-0.15, -0.1) is 11.8 Å². The quantitative estimate of drug-likeness (QED) is 0.458. The number of fused-ring (bicyclic) bond motifs is 2. The molecule has 0 aliphatic carbocycles. The molecule has 0 saturated carbocycles. The highest BCUT2D eigenvalue weighted by Crippen LogP contribution is 2.55. The van der Waals surface area contributed by atoms with Crippen molar-refractivity contribution in [2.75, 3.05) is 48.4 Å². The maximum atomic E-state index is 14.2. The molecule has 1 atom stereocenters. The number of nitrogens with zero attached hydrogens (tertiary/aromatic N) is 4. The van der Waals surface area contributed by atoms with E-state index in [-0.39, 0.29) is 17.6 Å². The average Bonchev–Trinajstić information content (AvgIpc) is 3.37. The van der Waals surface area contributed by atoms with Crippen LogP contribution in [0.2, 0.25) is 0 Å². The first-order chi connectivity index (χ1) is 17.6. The number of thioether (sulfide) groups is 1. The van der Waals surface area contributed by atoms with E-state index in [1.165, 1.54) is 17.3 Å². The van der Waals surface area contributed by atoms with Gasteiger partial charge in [0.25, 0.3) is 5.91 Å². The van der Waals surface area contributed by atoms with Gasteiger partial charge in [0.2, 0.25) is 10.8 Å². The van der Waals surface area contributed by atoms with Crippen LogP contribution in [0, 0.1) is 0 Å². The van der Waals surface area contributed by atoms with E-state index in [1.807, 2.05) is 59.5 Å². The third kappa shape index (κ3) is 4.06. The third-order valence-electron chi connectivity index (χ3n) is 7.20. The van der Waals surface area contributed by atoms with Crippen LogP contribution in [0.1, 0.15) is 11.1 Å². The Morgan fingerprint density at radius 3 is 2.22 bits per heavy atom. The van der Waals surface area contributed by atoms with Gasteiger partial charge in [-0.05, 0) is 35.9 Å². The zero-order valence-electron chi connectivity index (χ0n) is 19.8. The van der Waals surface area contributed by atoms with Gasteiger partial charge in [-0.1, -0.05) is 64.5 Å². The van der Waals surface area contributed by atoms with Gasteiger partial charge in [-0.3, -0.25) is 29.2 Å². The summed E-state index contributed by atoms with van der Waals surface area (Å²) in [5, 5.41) is 0. The largest absolute Gasteiger partial charge is 0.297 e. The lowest BCUT2D eigenvalue weighted by atomic mass is 10.0. The van der Waals surface area contributed by atoms with Crippen LogP contribution in [-0.4, -0.2) is 60.2 Å². The van der Waals surface area contributed by atoms with E-state index in [9.17, 15) is 9.59 Å². The molecule has 184 valence electrons. The van der Waals surface area contributed by atoms with Crippen molar-refractivity contribution in [1.82, 2.24) is 9.80 Å². The van der Waals surface area contributed by atoms with Crippen LogP contribution < -0.4 is 9.80 Å². The fourth-order valence-electron chi connectivity index (χ4n) is 5.42. The van der Waals surface area contributed by atoms with Crippen LogP contribution in [0.15, 0.2) is 83.3 Å². The number of carbonyl (C=O) groups is 2. The van der Waals surface area contributed by atoms with Gasteiger partial charge in [-0.25, -0.2) is 0 Å². The van der Waals surface area contributed by atoms with Crippen LogP contribution in [0.3, 0.4) is 0 Å². The second-order valence-corrected chi connectivity index (χ2v) is 11.5. The molecular formula is C28H27BrN4O2S. The van der Waals surface area contributed by atoms with Crippen molar-refractivity contribution in [1.29, 1.82) is 0 Å². The van der Waals surface area contributed by atoms with Crippen molar-refractivity contribution in [3.05, 3.63) is 94.5 Å². The summed E-state index contributed by atoms with van der Waals surface area (Å²) in [5.74, 6) is 0.207. The van der Waals surface area contributed by atoms with Gasteiger partial charge in [0.1, 0.15) is 0 Å². The number of carbonyl (C=O) groups excluding carboxylic acids is 2. The van der Waals surface area contributed by atoms with E-state index in [4.69, 9.17) is 0 Å². The number of rotatable bonds is 5. The Morgan fingerprint density at radius 1 is 0.806 bits per heavy atom. The number of benzene rings is 3. The number of amides is 2. The molecule has 6 nitrogen and oxygen atoms in total. The van der Waals surface area contributed by atoms with Crippen molar-refractivity contribution in [2.45, 2.75) is 11.4 Å². The summed E-state index contributed by atoms with van der Waals surface area (Å²) in [6.07, 6.45) is 0. The molecule has 0 aromatic heterocycles. The first-order valence-electron chi connectivity index (χ1n) is 12.2. The van der Waals surface area contributed by atoms with Crippen molar-refractivity contribution >= 4 is 50.9 Å². The monoisotopic (exact) mass is 562 g/mol. The molecule has 2 amide bonds. The predicted molar refractivity (Wildman–Crippen MR) is 148 cm³/mol. The van der Waals surface area contributed by atoms with E-state index in [2.05, 4.69) is 50.0 Å². The fourth-order valence-corrected chi connectivity index (χ4v) is 7.04. The van der Waals surface area contributed by atoms with Crippen molar-refractivity contribution in [3.63, 3.8) is 0 Å². The van der Waals surface area contributed by atoms with Crippen LogP contribution >= 0.6 is 27.7 Å². The highest BCUT2D eigenvalue weighted by atomic mass is 79.9. The van der Waals surface area contributed by atoms with Gasteiger partial charge in [0.15, 0.2) is 0 Å². The number of piperazine rings is 1. The Labute approximate surface area is 224 Å². The molecule has 3 aromatic carbocycles. The molecule has 0 unspecified atom stereocenters. The van der Waals surface area contributed by atoms with E-state index < -0.39 is 4.87 Å². The van der Waals surface area contributed by atoms with Gasteiger partial charge in [-0.2, -0.15) is 0 Å². The van der Waals surface area contributed by atoms with E-state index in [1.54, 1.807) is 4.90 Å². The lowest BCUT2D eigenvalue weighted by Gasteiger charge is -2.37. The lowest BCUT2D eigenvalue weighted by Crippen LogP contribution is -2.54. The van der Waals surface area contributed by atoms with Crippen LogP contribution in [0.25, 0.3) is 0 Å². The van der Waals surface area contributed by atoms with Crippen molar-refractivity contribution in [3.8, 4) is 0 Å². The summed E-state index contributed by atoms with van der Waals surface area (Å²) >= 11 is 4.91. The zero-order chi connectivity index (χ0) is 24.7. The smallest absolute Gasteiger partial charge is 0.269 e. The maximum Gasteiger partial charge on any atom is 0.269 e. The summed E-state index contributed by atoms with van der Waals surface area (Å²) in [6, 6.07) is 26.1. The molecule has 2 saturated heterocycles. The summed E-state index contributed by atoms with van der Waals surface area (Å²) in [6.45, 7) is 5.19. The summed E-state index contributed by atoms with van der Waals surface area (Å²) in [4.78, 5) is 34.7. The predicted octanol–water partition coefficient (Wildman–Crippen LogP) is 4.50. The molecule has 1 spiro atoms. The number of hydrogen-bond acceptors (Lipinski definition) is 5. The topological polar surface area (TPSA) is 47.1 Å². The third-order valence-corrected chi connectivity index (χ3v) is 9.12. The first kappa shape index (κ1) is 23.7. The first-order valence-corrected chi connectivity index (χ1v) is 14.0. The second kappa shape index (κ2) is 9.67. The van der Waals surface area contributed by atoms with Crippen molar-refractivity contribution in [2.24, 2.45) is 0 Å². The zero-order valence-corrected chi connectivity index (χ0v) is 22.2. The van der Waals surface area contributed by atoms with Gasteiger partial charge >= 0.3 is 0 Å². The minimum absolute atomic E-state index is 0.0332. The standard InChI is InChI=1S/C28H27BrN4O2S/c29-22-10-12-23(13-11-22)33-26(34)19-36-28(33)24-8-4-5-9-25(24)32(27(28)35)20-31-16-14-30(15-17-31)18-21-6-2-1-3-7-21/h1-13H,14-20H2/t28-/m0/s1. The molecular weight excluding hydrogens is 536 g/mol. The second-order valence-electron chi connectivity index (χ2n) is 9.41. The minimum Gasteiger partial charge on any atom is -0.297 e. The Balaban J connectivity index is 1.24. The number of halogens is 1. The Morgan fingerprint density at radius 2 is 1.47 bits per heavy atom. The molecule has 0 N–H and O–H groups in total. The SMILES string of the molecule is O=C1CS[C@@]2(C(=O)N(CN3CCN(Cc4ccccc4)CC3)c3ccccc32)N1c1ccc(Br)cc1. The number of hydrogen-bond donors (Lipinski definition) is 0. The summed E-state index contributed by atoms with van der Waals surface area (Å²) in [5.41, 5.74) is 3.87. The Hall–Kier alpha value is -2.65. The molecule has 3 heterocycles. The average molecular weight is 564 g/mol. The minimum atomic E-state index is -1.06. The molecule has 0 radical (unpaired) electrons. The van der Waals surface area contributed by atoms with Gasteiger partial charge in [0.05, 0.1) is 18.1 Å². The fraction of sp³-hybridized carbons (Fsp3) is 0.286. The Bertz CT molecular complexity index is 1280. The lowest BCUT2D eigenvalue weighted by molar-refractivity contribution is -0.124. The van der Waals surface area contributed by atoms with Crippen molar-refractivity contribution < 1.29 is 9.59 Å². The highest BCUT2D eigenvalue weighted by Gasteiger charge is 2.61. The molecule has 8 heteroatoms. The molecule has 2 fully saturated rings. The summed E-state index contributed by atoms with van der Waals surface area (Å²) < 4.78 is 0.936. The summed E-state index contributed by atoms with van der Waals surface area (Å²) in [7, 11) is 0. The maximum absolute atomic E-state index is 14.2. The number of anilines is 2. The normalized spacial score (nSPS) is 22.6. The van der Waals surface area contributed by atoms with Gasteiger partial charge in [0, 0.05) is 48.4 Å². The van der Waals surface area contributed by atoms with Crippen LogP contribution in [-0.2, 0) is 21.0 Å². The molecule has 3 aromatic rings. The Kier molecular flexibility index (Phi) is 6.37. The highest BCUT2D eigenvalue weighted by molar-refractivity contribution is 9.10. The van der Waals surface area contributed by atoms with E-state index in [0.717, 1.165) is 54.1 Å². The molecule has 3 aliphatic heterocycles. The van der Waals surface area contributed by atoms with Gasteiger partial charge < -0.3 is 0 Å². The van der Waals surface area contributed by atoms with Crippen LogP contribution in [0.5, 0.6) is 0 Å². The van der Waals surface area contributed by atoms with E-state index >= 15 is 0 Å².